The van der Waals surface area contributed by atoms with Crippen LogP contribution in [0.3, 0.4) is 0 Å². The summed E-state index contributed by atoms with van der Waals surface area (Å²) in [5, 5.41) is 1.31. The first-order valence-electron chi connectivity index (χ1n) is 6.40. The Kier molecular flexibility index (Phi) is 13.1. The summed E-state index contributed by atoms with van der Waals surface area (Å²) < 4.78 is 15.8. The Hall–Kier alpha value is 2.90. The van der Waals surface area contributed by atoms with Crippen LogP contribution in [0, 0.1) is 5.41 Å². The second-order valence-corrected chi connectivity index (χ2v) is 11.6. The first-order chi connectivity index (χ1) is 10.5. The van der Waals surface area contributed by atoms with Crippen LogP contribution in [0.15, 0.2) is 0 Å². The molecule has 140 valence electrons. The molecule has 0 saturated carbocycles. The molecule has 0 aliphatic carbocycles. The normalized spacial score (nSPS) is 18.5. The lowest BCUT2D eigenvalue weighted by Crippen LogP contribution is -2.52. The summed E-state index contributed by atoms with van der Waals surface area (Å²) in [6.45, 7) is -0.336. The van der Waals surface area contributed by atoms with Crippen LogP contribution in [0.5, 0.6) is 0 Å². The van der Waals surface area contributed by atoms with Crippen LogP contribution in [-0.4, -0.2) is 53.3 Å². The van der Waals surface area contributed by atoms with Gasteiger partial charge in [0.25, 0.3) is 0 Å². The third-order valence-corrected chi connectivity index (χ3v) is 10.2. The van der Waals surface area contributed by atoms with Crippen LogP contribution in [0.4, 0.5) is 0 Å². The average Bonchev–Trinajstić information content (AvgIpc) is 2.47. The van der Waals surface area contributed by atoms with E-state index >= 15 is 0 Å². The highest BCUT2D eigenvalue weighted by Gasteiger charge is 2.51. The van der Waals surface area contributed by atoms with Crippen molar-refractivity contribution in [1.82, 2.24) is 0 Å². The van der Waals surface area contributed by atoms with Gasteiger partial charge in [-0.25, -0.2) is 4.57 Å². The van der Waals surface area contributed by atoms with Gasteiger partial charge in [0.05, 0.1) is 11.5 Å². The summed E-state index contributed by atoms with van der Waals surface area (Å²) in [5.74, 6) is 0.00796. The van der Waals surface area contributed by atoms with E-state index in [0.717, 1.165) is 0 Å². The van der Waals surface area contributed by atoms with Crippen molar-refractivity contribution in [1.29, 1.82) is 0 Å². The van der Waals surface area contributed by atoms with Gasteiger partial charge in [-0.05, 0) is 12.8 Å². The van der Waals surface area contributed by atoms with Crippen molar-refractivity contribution in [2.24, 2.45) is 5.41 Å². The van der Waals surface area contributed by atoms with Crippen molar-refractivity contribution in [2.75, 3.05) is 29.0 Å². The van der Waals surface area contributed by atoms with Gasteiger partial charge in [-0.2, -0.15) is 0 Å². The van der Waals surface area contributed by atoms with Crippen molar-refractivity contribution in [3.8, 4) is 0 Å². The fraction of sp³-hybridized carbons (Fsp3) is 1.00. The molecule has 2 N–H and O–H groups in total. The minimum Gasteiger partial charge on any atom is -0.303 e. The van der Waals surface area contributed by atoms with Crippen molar-refractivity contribution in [3.63, 3.8) is 0 Å². The smallest absolute Gasteiger partial charge is 0.303 e. The number of hydrogen-bond donors (Lipinski definition) is 2. The highest BCUT2D eigenvalue weighted by Crippen LogP contribution is 2.51. The highest BCUT2D eigenvalue weighted by molar-refractivity contribution is 9.12. The lowest BCUT2D eigenvalue weighted by Gasteiger charge is -2.46. The Morgan fingerprint density at radius 2 is 1.43 bits per heavy atom. The largest absolute Gasteiger partial charge is 0.469 e. The predicted molar refractivity (Wildman–Crippen MR) is 113 cm³/mol. The van der Waals surface area contributed by atoms with Gasteiger partial charge < -0.3 is 9.79 Å². The first-order valence-corrected chi connectivity index (χ1v) is 13.5. The van der Waals surface area contributed by atoms with Crippen molar-refractivity contribution in [3.05, 3.63) is 0 Å². The van der Waals surface area contributed by atoms with Gasteiger partial charge in [-0.3, -0.25) is 4.52 Å². The molecule has 0 aromatic carbocycles. The molecule has 0 aromatic heterocycles. The average molecular weight is 671 g/mol. The summed E-state index contributed by atoms with van der Waals surface area (Å²) in [6.07, 6.45) is 0.970. The Morgan fingerprint density at radius 3 is 1.70 bits per heavy atom. The van der Waals surface area contributed by atoms with Gasteiger partial charge in [0, 0.05) is 37.5 Å². The molecule has 0 aliphatic heterocycles. The van der Waals surface area contributed by atoms with Crippen LogP contribution in [0.1, 0.15) is 12.8 Å². The zero-order valence-corrected chi connectivity index (χ0v) is 21.4. The number of phosphoric acid groups is 1. The van der Waals surface area contributed by atoms with Crippen LogP contribution >= 0.6 is 106 Å². The van der Waals surface area contributed by atoms with E-state index in [2.05, 4.69) is 63.7 Å². The minimum atomic E-state index is -4.66. The molecule has 0 spiro atoms. The van der Waals surface area contributed by atoms with Crippen molar-refractivity contribution >= 4 is 106 Å². The molecule has 4 nitrogen and oxygen atoms in total. The monoisotopic (exact) mass is 666 g/mol. The summed E-state index contributed by atoms with van der Waals surface area (Å²) >= 11 is 33.0. The van der Waals surface area contributed by atoms with Gasteiger partial charge >= 0.3 is 7.82 Å². The molecule has 0 heterocycles. The first kappa shape index (κ1) is 25.9. The zero-order valence-electron chi connectivity index (χ0n) is 11.9. The maximum atomic E-state index is 11.1. The summed E-state index contributed by atoms with van der Waals surface area (Å²) in [4.78, 5) is 17.2. The molecule has 12 heteroatoms. The maximum Gasteiger partial charge on any atom is 0.469 e. The van der Waals surface area contributed by atoms with Crippen LogP contribution in [0.2, 0.25) is 0 Å². The van der Waals surface area contributed by atoms with Crippen LogP contribution in [-0.2, 0) is 9.09 Å². The van der Waals surface area contributed by atoms with E-state index < -0.39 is 18.1 Å². The molecule has 0 aromatic rings. The van der Waals surface area contributed by atoms with E-state index in [4.69, 9.17) is 49.1 Å². The lowest BCUT2D eigenvalue weighted by molar-refractivity contribution is 0.0953. The van der Waals surface area contributed by atoms with E-state index in [-0.39, 0.29) is 28.0 Å². The SMILES string of the molecule is O=P(O)(O)OCC(CCl)(CCl)C(Cl)(CC(Br)CBr)CC(Br)CBr. The number of halogens is 7. The summed E-state index contributed by atoms with van der Waals surface area (Å²) in [7, 11) is -4.66. The Labute approximate surface area is 185 Å². The standard InChI is InChI=1S/C11H18Br4Cl3O4P/c12-3-8(14)1-11(18,2-9(15)4-13)10(5-16,6-17)7-22-23(19,20)21/h8-9H,1-7H2,(H2,19,20,21). The molecule has 23 heavy (non-hydrogen) atoms. The minimum absolute atomic E-state index is 0.00398. The number of hydrogen-bond acceptors (Lipinski definition) is 2. The molecule has 2 unspecified atom stereocenters. The second kappa shape index (κ2) is 11.7. The van der Waals surface area contributed by atoms with E-state index in [1.165, 1.54) is 0 Å². The van der Waals surface area contributed by atoms with Crippen molar-refractivity contribution in [2.45, 2.75) is 27.4 Å². The Morgan fingerprint density at radius 1 is 1.04 bits per heavy atom. The molecule has 0 bridgehead atoms. The van der Waals surface area contributed by atoms with Gasteiger partial charge in [-0.1, -0.05) is 63.7 Å². The molecule has 0 rings (SSSR count). The second-order valence-electron chi connectivity index (χ2n) is 5.19. The summed E-state index contributed by atoms with van der Waals surface area (Å²) in [6, 6.07) is 0. The maximum absolute atomic E-state index is 11.1. The molecule has 0 radical (unpaired) electrons. The molecule has 0 fully saturated rings. The summed E-state index contributed by atoms with van der Waals surface area (Å²) in [5.41, 5.74) is -1.01. The predicted octanol–water partition coefficient (Wildman–Crippen LogP) is 5.63. The van der Waals surface area contributed by atoms with Crippen LogP contribution in [0.25, 0.3) is 0 Å². The van der Waals surface area contributed by atoms with Crippen LogP contribution < -0.4 is 0 Å². The molecular weight excluding hydrogens is 653 g/mol. The van der Waals surface area contributed by atoms with Gasteiger partial charge in [-0.15, -0.1) is 34.8 Å². The van der Waals surface area contributed by atoms with E-state index in [1.807, 2.05) is 0 Å². The third-order valence-electron chi connectivity index (χ3n) is 3.40. The Balaban J connectivity index is 5.65. The van der Waals surface area contributed by atoms with Gasteiger partial charge in [0.1, 0.15) is 0 Å². The number of phosphoric ester groups is 1. The quantitative estimate of drug-likeness (QED) is 0.209. The topological polar surface area (TPSA) is 66.8 Å². The van der Waals surface area contributed by atoms with Crippen molar-refractivity contribution < 1.29 is 18.9 Å². The fourth-order valence-electron chi connectivity index (χ4n) is 2.02. The Bertz CT molecular complexity index is 385. The molecule has 2 atom stereocenters. The molecule has 0 saturated heterocycles. The molecular formula is C11H18Br4Cl3O4P. The lowest BCUT2D eigenvalue weighted by atomic mass is 9.73. The molecule has 0 aliphatic rings. The van der Waals surface area contributed by atoms with Gasteiger partial charge in [0.2, 0.25) is 0 Å². The van der Waals surface area contributed by atoms with E-state index in [1.54, 1.807) is 0 Å². The van der Waals surface area contributed by atoms with E-state index in [9.17, 15) is 4.57 Å². The molecule has 0 amide bonds. The number of rotatable bonds is 12. The zero-order chi connectivity index (χ0) is 18.3. The highest BCUT2D eigenvalue weighted by atomic mass is 79.9. The third kappa shape index (κ3) is 8.63. The number of alkyl halides is 7. The fourth-order valence-corrected chi connectivity index (χ4v) is 6.02. The van der Waals surface area contributed by atoms with E-state index in [0.29, 0.717) is 23.5 Å². The van der Waals surface area contributed by atoms with Gasteiger partial charge in [0.15, 0.2) is 0 Å².